The van der Waals surface area contributed by atoms with Crippen molar-refractivity contribution in [3.63, 3.8) is 0 Å². The Labute approximate surface area is 169 Å². The molecule has 2 rings (SSSR count). The molecule has 0 aliphatic carbocycles. The molecule has 0 saturated heterocycles. The lowest BCUT2D eigenvalue weighted by atomic mass is 10.1. The van der Waals surface area contributed by atoms with Gasteiger partial charge in [-0.05, 0) is 43.7 Å². The van der Waals surface area contributed by atoms with E-state index in [9.17, 15) is 18.0 Å². The van der Waals surface area contributed by atoms with Gasteiger partial charge in [-0.2, -0.15) is 0 Å². The summed E-state index contributed by atoms with van der Waals surface area (Å²) in [7, 11) is -3.49. The van der Waals surface area contributed by atoms with Gasteiger partial charge in [0, 0.05) is 11.6 Å². The van der Waals surface area contributed by atoms with Gasteiger partial charge in [0.25, 0.3) is 11.8 Å². The molecule has 0 aliphatic heterocycles. The summed E-state index contributed by atoms with van der Waals surface area (Å²) < 4.78 is 24.9. The summed E-state index contributed by atoms with van der Waals surface area (Å²) in [6.45, 7) is 3.86. The fourth-order valence-corrected chi connectivity index (χ4v) is 3.19. The van der Waals surface area contributed by atoms with Gasteiger partial charge in [-0.3, -0.25) is 14.3 Å². The molecule has 0 aliphatic rings. The van der Waals surface area contributed by atoms with Crippen LogP contribution in [-0.4, -0.2) is 32.5 Å². The van der Waals surface area contributed by atoms with Crippen molar-refractivity contribution in [2.75, 3.05) is 16.3 Å². The predicted octanol–water partition coefficient (Wildman–Crippen LogP) is 3.49. The van der Waals surface area contributed by atoms with E-state index in [0.717, 1.165) is 12.7 Å². The Morgan fingerprint density at radius 3 is 2.36 bits per heavy atom. The fourth-order valence-electron chi connectivity index (χ4n) is 2.33. The number of carbonyl (C=O) groups excluding carboxylic acids is 2. The van der Waals surface area contributed by atoms with Crippen LogP contribution in [0.4, 0.5) is 11.4 Å². The molecule has 0 radical (unpaired) electrons. The number of nitrogens with one attached hydrogen (secondary N) is 3. The summed E-state index contributed by atoms with van der Waals surface area (Å²) in [5, 5.41) is 5.64. The monoisotopic (exact) mass is 423 g/mol. The van der Waals surface area contributed by atoms with Crippen LogP contribution in [0.1, 0.15) is 41.0 Å². The van der Waals surface area contributed by atoms with Gasteiger partial charge in [0.2, 0.25) is 10.0 Å². The third-order valence-electron chi connectivity index (χ3n) is 3.94. The highest BCUT2D eigenvalue weighted by Gasteiger charge is 2.16. The molecule has 9 heteroatoms. The minimum absolute atomic E-state index is 0.00459. The zero-order valence-corrected chi connectivity index (χ0v) is 17.3. The van der Waals surface area contributed by atoms with Crippen molar-refractivity contribution in [3.8, 4) is 0 Å². The van der Waals surface area contributed by atoms with Crippen LogP contribution in [0.5, 0.6) is 0 Å². The van der Waals surface area contributed by atoms with Crippen LogP contribution in [0.3, 0.4) is 0 Å². The third-order valence-corrected chi connectivity index (χ3v) is 4.84. The lowest BCUT2D eigenvalue weighted by Crippen LogP contribution is -2.32. The van der Waals surface area contributed by atoms with E-state index in [2.05, 4.69) is 15.4 Å². The Morgan fingerprint density at radius 1 is 1.07 bits per heavy atom. The Morgan fingerprint density at radius 2 is 1.75 bits per heavy atom. The molecule has 1 atom stereocenters. The van der Waals surface area contributed by atoms with E-state index in [1.165, 1.54) is 18.2 Å². The number of benzene rings is 2. The first-order chi connectivity index (χ1) is 13.1. The SMILES string of the molecule is CC[C@H](C)NC(=O)c1ccccc1NC(=O)c1ccc(NS(C)(=O)=O)c(Cl)c1. The molecule has 0 aromatic heterocycles. The van der Waals surface area contributed by atoms with E-state index < -0.39 is 15.9 Å². The summed E-state index contributed by atoms with van der Waals surface area (Å²) >= 11 is 6.07. The molecular weight excluding hydrogens is 402 g/mol. The molecule has 7 nitrogen and oxygen atoms in total. The Kier molecular flexibility index (Phi) is 7.04. The molecule has 0 unspecified atom stereocenters. The minimum atomic E-state index is -3.49. The Hall–Kier alpha value is -2.58. The number of anilines is 2. The predicted molar refractivity (Wildman–Crippen MR) is 112 cm³/mol. The van der Waals surface area contributed by atoms with Crippen LogP contribution in [0.25, 0.3) is 0 Å². The van der Waals surface area contributed by atoms with Crippen molar-refractivity contribution in [1.29, 1.82) is 0 Å². The number of hydrogen-bond acceptors (Lipinski definition) is 4. The van der Waals surface area contributed by atoms with Gasteiger partial charge in [0.05, 0.1) is 28.2 Å². The molecule has 0 bridgehead atoms. The molecule has 2 aromatic carbocycles. The van der Waals surface area contributed by atoms with Gasteiger partial charge < -0.3 is 10.6 Å². The van der Waals surface area contributed by atoms with Crippen LogP contribution < -0.4 is 15.4 Å². The normalized spacial score (nSPS) is 12.1. The maximum Gasteiger partial charge on any atom is 0.255 e. The van der Waals surface area contributed by atoms with Crippen molar-refractivity contribution in [3.05, 3.63) is 58.6 Å². The Balaban J connectivity index is 2.22. The number of hydrogen-bond donors (Lipinski definition) is 3. The van der Waals surface area contributed by atoms with E-state index in [0.29, 0.717) is 11.3 Å². The summed E-state index contributed by atoms with van der Waals surface area (Å²) in [5.41, 5.74) is 1.11. The molecule has 2 amide bonds. The second-order valence-electron chi connectivity index (χ2n) is 6.35. The first-order valence-electron chi connectivity index (χ1n) is 8.59. The van der Waals surface area contributed by atoms with Crippen molar-refractivity contribution >= 4 is 44.8 Å². The van der Waals surface area contributed by atoms with Gasteiger partial charge in [-0.1, -0.05) is 30.7 Å². The van der Waals surface area contributed by atoms with Crippen LogP contribution in [0.2, 0.25) is 5.02 Å². The number of carbonyl (C=O) groups is 2. The average Bonchev–Trinajstić information content (AvgIpc) is 2.62. The summed E-state index contributed by atoms with van der Waals surface area (Å²) in [6, 6.07) is 10.9. The highest BCUT2D eigenvalue weighted by molar-refractivity contribution is 7.92. The smallest absolute Gasteiger partial charge is 0.255 e. The van der Waals surface area contributed by atoms with Gasteiger partial charge in [-0.25, -0.2) is 8.42 Å². The van der Waals surface area contributed by atoms with E-state index in [1.807, 2.05) is 13.8 Å². The van der Waals surface area contributed by atoms with Crippen LogP contribution in [0.15, 0.2) is 42.5 Å². The van der Waals surface area contributed by atoms with Crippen LogP contribution >= 0.6 is 11.6 Å². The molecule has 3 N–H and O–H groups in total. The molecule has 0 saturated carbocycles. The molecular formula is C19H22ClN3O4S. The van der Waals surface area contributed by atoms with Gasteiger partial charge in [-0.15, -0.1) is 0 Å². The third kappa shape index (κ3) is 5.97. The van der Waals surface area contributed by atoms with E-state index in [4.69, 9.17) is 11.6 Å². The number of rotatable bonds is 7. The minimum Gasteiger partial charge on any atom is -0.350 e. The maximum absolute atomic E-state index is 12.6. The summed E-state index contributed by atoms with van der Waals surface area (Å²) in [6.07, 6.45) is 1.79. The number of sulfonamides is 1. The van der Waals surface area contributed by atoms with Gasteiger partial charge in [0.15, 0.2) is 0 Å². The highest BCUT2D eigenvalue weighted by Crippen LogP contribution is 2.25. The maximum atomic E-state index is 12.6. The van der Waals surface area contributed by atoms with Crippen molar-refractivity contribution in [2.24, 2.45) is 0 Å². The lowest BCUT2D eigenvalue weighted by Gasteiger charge is -2.15. The van der Waals surface area contributed by atoms with Crippen LogP contribution in [-0.2, 0) is 10.0 Å². The molecule has 2 aromatic rings. The highest BCUT2D eigenvalue weighted by atomic mass is 35.5. The van der Waals surface area contributed by atoms with Crippen molar-refractivity contribution in [1.82, 2.24) is 5.32 Å². The van der Waals surface area contributed by atoms with Gasteiger partial charge in [0.1, 0.15) is 0 Å². The molecule has 0 spiro atoms. The first kappa shape index (κ1) is 21.7. The quantitative estimate of drug-likeness (QED) is 0.633. The molecule has 28 heavy (non-hydrogen) atoms. The number of halogens is 1. The Bertz CT molecular complexity index is 992. The first-order valence-corrected chi connectivity index (χ1v) is 10.9. The largest absolute Gasteiger partial charge is 0.350 e. The fraction of sp³-hybridized carbons (Fsp3) is 0.263. The van der Waals surface area contributed by atoms with Crippen molar-refractivity contribution in [2.45, 2.75) is 26.3 Å². The summed E-state index contributed by atoms with van der Waals surface area (Å²) in [5.74, 6) is -0.757. The standard InChI is InChI=1S/C19H22ClN3O4S/c1-4-12(2)21-19(25)14-7-5-6-8-16(14)22-18(24)13-9-10-17(15(20)11-13)23-28(3,26)27/h5-12,23H,4H2,1-3H3,(H,21,25)(H,22,24)/t12-/m0/s1. The van der Waals surface area contributed by atoms with E-state index in [-0.39, 0.29) is 28.2 Å². The number of amides is 2. The zero-order chi connectivity index (χ0) is 20.9. The molecule has 0 heterocycles. The topological polar surface area (TPSA) is 104 Å². The molecule has 150 valence electrons. The average molecular weight is 424 g/mol. The molecule has 0 fully saturated rings. The van der Waals surface area contributed by atoms with E-state index in [1.54, 1.807) is 24.3 Å². The van der Waals surface area contributed by atoms with Crippen molar-refractivity contribution < 1.29 is 18.0 Å². The van der Waals surface area contributed by atoms with E-state index >= 15 is 0 Å². The number of para-hydroxylation sites is 1. The summed E-state index contributed by atoms with van der Waals surface area (Å²) in [4.78, 5) is 25.0. The zero-order valence-electron chi connectivity index (χ0n) is 15.7. The van der Waals surface area contributed by atoms with Crippen LogP contribution in [0, 0.1) is 0 Å². The van der Waals surface area contributed by atoms with Gasteiger partial charge >= 0.3 is 0 Å². The second kappa shape index (κ2) is 9.07. The second-order valence-corrected chi connectivity index (χ2v) is 8.51. The lowest BCUT2D eigenvalue weighted by molar-refractivity contribution is 0.0940.